The van der Waals surface area contributed by atoms with Gasteiger partial charge in [0.1, 0.15) is 16.5 Å². The van der Waals surface area contributed by atoms with Crippen LogP contribution < -0.4 is 4.74 Å². The molecule has 0 saturated carbocycles. The van der Waals surface area contributed by atoms with Crippen molar-refractivity contribution in [3.63, 3.8) is 0 Å². The summed E-state index contributed by atoms with van der Waals surface area (Å²) in [4.78, 5) is 2.46. The van der Waals surface area contributed by atoms with E-state index in [9.17, 15) is 8.42 Å². The molecule has 3 rings (SSSR count). The molecular weight excluding hydrogens is 374 g/mol. The van der Waals surface area contributed by atoms with Crippen molar-refractivity contribution >= 4 is 9.84 Å². The Kier molecular flexibility index (Phi) is 6.15. The number of rotatable bonds is 7. The number of aromatic amines is 1. The van der Waals surface area contributed by atoms with Crippen molar-refractivity contribution < 1.29 is 13.2 Å². The van der Waals surface area contributed by atoms with Crippen LogP contribution in [0.5, 0.6) is 5.75 Å². The lowest BCUT2D eigenvalue weighted by Gasteiger charge is -2.30. The smallest absolute Gasteiger partial charge is 0.195 e. The largest absolute Gasteiger partial charge is 0.491 e. The Morgan fingerprint density at radius 3 is 2.68 bits per heavy atom. The molecule has 3 atom stereocenters. The summed E-state index contributed by atoms with van der Waals surface area (Å²) >= 11 is 0. The van der Waals surface area contributed by atoms with E-state index in [0.29, 0.717) is 16.3 Å². The Morgan fingerprint density at radius 1 is 1.29 bits per heavy atom. The Morgan fingerprint density at radius 2 is 2.04 bits per heavy atom. The van der Waals surface area contributed by atoms with Gasteiger partial charge in [-0.3, -0.25) is 10.00 Å². The minimum Gasteiger partial charge on any atom is -0.491 e. The van der Waals surface area contributed by atoms with Crippen molar-refractivity contribution in [1.29, 1.82) is 0 Å². The highest BCUT2D eigenvalue weighted by molar-refractivity contribution is 7.91. The summed E-state index contributed by atoms with van der Waals surface area (Å²) in [7, 11) is -3.44. The van der Waals surface area contributed by atoms with Crippen LogP contribution in [-0.2, 0) is 9.84 Å². The molecule has 154 valence electrons. The lowest BCUT2D eigenvalue weighted by atomic mass is 10.1. The van der Waals surface area contributed by atoms with Crippen LogP contribution >= 0.6 is 0 Å². The molecule has 1 aliphatic rings. The number of nitrogens with one attached hydrogen (secondary N) is 1. The Labute approximate surface area is 168 Å². The van der Waals surface area contributed by atoms with Crippen LogP contribution in [0.25, 0.3) is 0 Å². The van der Waals surface area contributed by atoms with E-state index in [4.69, 9.17) is 4.74 Å². The second-order valence-electron chi connectivity index (χ2n) is 8.08. The zero-order valence-electron chi connectivity index (χ0n) is 17.4. The van der Waals surface area contributed by atoms with E-state index in [1.165, 1.54) is 0 Å². The van der Waals surface area contributed by atoms with Crippen LogP contribution in [0.15, 0.2) is 29.2 Å². The third-order valence-corrected chi connectivity index (χ3v) is 7.44. The Hall–Kier alpha value is -1.86. The van der Waals surface area contributed by atoms with Gasteiger partial charge in [-0.25, -0.2) is 8.42 Å². The quantitative estimate of drug-likeness (QED) is 0.759. The average molecular weight is 406 g/mol. The first kappa shape index (κ1) is 20.9. The van der Waals surface area contributed by atoms with Crippen molar-refractivity contribution in [2.75, 3.05) is 5.88 Å². The van der Waals surface area contributed by atoms with E-state index in [0.717, 1.165) is 30.6 Å². The van der Waals surface area contributed by atoms with Gasteiger partial charge in [0.25, 0.3) is 0 Å². The van der Waals surface area contributed by atoms with Crippen molar-refractivity contribution in [3.05, 3.63) is 41.2 Å². The molecule has 1 aliphatic heterocycles. The first-order chi connectivity index (χ1) is 13.2. The van der Waals surface area contributed by atoms with Crippen molar-refractivity contribution in [1.82, 2.24) is 15.1 Å². The minimum atomic E-state index is -3.44. The van der Waals surface area contributed by atoms with E-state index in [1.54, 1.807) is 13.8 Å². The molecule has 0 unspecified atom stereocenters. The molecule has 1 fully saturated rings. The van der Waals surface area contributed by atoms with Crippen LogP contribution in [0.2, 0.25) is 0 Å². The maximum atomic E-state index is 13.1. The van der Waals surface area contributed by atoms with E-state index >= 15 is 0 Å². The number of hydrogen-bond donors (Lipinski definition) is 1. The third kappa shape index (κ3) is 4.58. The standard InChI is InChI=1S/C21H31N3O3S/c1-14-7-6-8-20(11-14)27-16(3)12-19-10-9-15(2)24(19)13-28(25,26)21-17(4)22-23-18(21)5/h6-8,11,15-16,19H,9-10,12-13H2,1-5H3,(H,22,23)/t15-,16-,19-/m0/s1. The average Bonchev–Trinajstić information content (AvgIpc) is 3.11. The van der Waals surface area contributed by atoms with Gasteiger partial charge in [-0.05, 0) is 71.6 Å². The molecule has 2 aromatic rings. The molecular formula is C21H31N3O3S. The van der Waals surface area contributed by atoms with Crippen molar-refractivity contribution in [3.8, 4) is 5.75 Å². The Bertz CT molecular complexity index is 903. The fourth-order valence-electron chi connectivity index (χ4n) is 4.22. The topological polar surface area (TPSA) is 75.3 Å². The van der Waals surface area contributed by atoms with Crippen LogP contribution in [-0.4, -0.2) is 47.6 Å². The van der Waals surface area contributed by atoms with Gasteiger partial charge < -0.3 is 4.74 Å². The molecule has 0 spiro atoms. The monoisotopic (exact) mass is 405 g/mol. The van der Waals surface area contributed by atoms with Crippen molar-refractivity contribution in [2.24, 2.45) is 0 Å². The lowest BCUT2D eigenvalue weighted by Crippen LogP contribution is -2.40. The first-order valence-corrected chi connectivity index (χ1v) is 11.6. The number of nitrogens with zero attached hydrogens (tertiary/aromatic N) is 2. The molecule has 1 aromatic carbocycles. The molecule has 7 heteroatoms. The first-order valence-electron chi connectivity index (χ1n) is 9.90. The van der Waals surface area contributed by atoms with E-state index < -0.39 is 9.84 Å². The maximum absolute atomic E-state index is 13.1. The maximum Gasteiger partial charge on any atom is 0.195 e. The van der Waals surface area contributed by atoms with Gasteiger partial charge in [-0.2, -0.15) is 5.10 Å². The fraction of sp³-hybridized carbons (Fsp3) is 0.571. The number of benzene rings is 1. The van der Waals surface area contributed by atoms with Gasteiger partial charge in [0.15, 0.2) is 9.84 Å². The minimum absolute atomic E-state index is 0.0136. The molecule has 0 aliphatic carbocycles. The number of sulfone groups is 1. The highest BCUT2D eigenvalue weighted by atomic mass is 32.2. The van der Waals surface area contributed by atoms with Crippen LogP contribution in [0.3, 0.4) is 0 Å². The summed E-state index contributed by atoms with van der Waals surface area (Å²) in [5, 5.41) is 6.84. The van der Waals surface area contributed by atoms with E-state index in [2.05, 4.69) is 28.9 Å². The normalized spacial score (nSPS) is 21.8. The number of aromatic nitrogens is 2. The van der Waals surface area contributed by atoms with Crippen LogP contribution in [0, 0.1) is 20.8 Å². The predicted octanol–water partition coefficient (Wildman–Crippen LogP) is 3.78. The SMILES string of the molecule is Cc1cccc(O[C@@H](C)C[C@@H]2CC[C@H](C)N2CS(=O)(=O)c2c(C)n[nH]c2C)c1. The van der Waals surface area contributed by atoms with E-state index in [1.807, 2.05) is 31.2 Å². The molecule has 0 amide bonds. The number of H-pyrrole nitrogens is 1. The number of likely N-dealkylation sites (tertiary alicyclic amines) is 1. The number of ether oxygens (including phenoxy) is 1. The Balaban J connectivity index is 1.70. The summed E-state index contributed by atoms with van der Waals surface area (Å²) < 4.78 is 32.2. The molecule has 0 bridgehead atoms. The summed E-state index contributed by atoms with van der Waals surface area (Å²) in [6.45, 7) is 9.70. The molecule has 1 aromatic heterocycles. The highest BCUT2D eigenvalue weighted by Gasteiger charge is 2.36. The van der Waals surface area contributed by atoms with Gasteiger partial charge in [0.05, 0.1) is 17.5 Å². The molecule has 1 N–H and O–H groups in total. The second-order valence-corrected chi connectivity index (χ2v) is 9.98. The predicted molar refractivity (Wildman–Crippen MR) is 110 cm³/mol. The number of hydrogen-bond acceptors (Lipinski definition) is 5. The molecule has 28 heavy (non-hydrogen) atoms. The van der Waals surface area contributed by atoms with Gasteiger partial charge in [-0.1, -0.05) is 12.1 Å². The molecule has 1 saturated heterocycles. The van der Waals surface area contributed by atoms with Gasteiger partial charge in [0.2, 0.25) is 0 Å². The second kappa shape index (κ2) is 8.25. The lowest BCUT2D eigenvalue weighted by molar-refractivity contribution is 0.147. The molecule has 6 nitrogen and oxygen atoms in total. The van der Waals surface area contributed by atoms with Gasteiger partial charge >= 0.3 is 0 Å². The zero-order valence-corrected chi connectivity index (χ0v) is 18.2. The van der Waals surface area contributed by atoms with E-state index in [-0.39, 0.29) is 24.1 Å². The zero-order chi connectivity index (χ0) is 20.5. The van der Waals surface area contributed by atoms with Gasteiger partial charge in [-0.15, -0.1) is 0 Å². The van der Waals surface area contributed by atoms with Crippen LogP contribution in [0.1, 0.15) is 50.1 Å². The summed E-state index contributed by atoms with van der Waals surface area (Å²) in [5.74, 6) is 0.888. The van der Waals surface area contributed by atoms with Gasteiger partial charge in [0, 0.05) is 12.1 Å². The summed E-state index contributed by atoms with van der Waals surface area (Å²) in [6.07, 6.45) is 2.80. The van der Waals surface area contributed by atoms with Crippen LogP contribution in [0.4, 0.5) is 0 Å². The third-order valence-electron chi connectivity index (χ3n) is 5.57. The summed E-state index contributed by atoms with van der Waals surface area (Å²) in [6, 6.07) is 8.45. The number of aryl methyl sites for hydroxylation is 3. The summed E-state index contributed by atoms with van der Waals surface area (Å²) in [5.41, 5.74) is 2.31. The fourth-order valence-corrected chi connectivity index (χ4v) is 6.22. The van der Waals surface area contributed by atoms with Crippen molar-refractivity contribution in [2.45, 2.75) is 77.0 Å². The molecule has 2 heterocycles. The molecule has 0 radical (unpaired) electrons. The highest BCUT2D eigenvalue weighted by Crippen LogP contribution is 2.31.